The topological polar surface area (TPSA) is 55.4 Å². The molecule has 0 saturated heterocycles. The average Bonchev–Trinajstić information content (AvgIpc) is 2.29. The van der Waals surface area contributed by atoms with Gasteiger partial charge in [-0.15, -0.1) is 11.8 Å². The second kappa shape index (κ2) is 4.31. The minimum atomic E-state index is -0.494. The first-order valence-electron chi connectivity index (χ1n) is 5.58. The van der Waals surface area contributed by atoms with Crippen molar-refractivity contribution in [1.29, 1.82) is 0 Å². The Morgan fingerprint density at radius 1 is 1.39 bits per heavy atom. The quantitative estimate of drug-likeness (QED) is 0.793. The largest absolute Gasteiger partial charge is 0.465 e. The summed E-state index contributed by atoms with van der Waals surface area (Å²) < 4.78 is 4.22. The van der Waals surface area contributed by atoms with E-state index in [0.717, 1.165) is 10.5 Å². The molecule has 1 N–H and O–H groups in total. The number of nitrogens with one attached hydrogen (secondary N) is 1. The molecule has 0 saturated carbocycles. The van der Waals surface area contributed by atoms with Crippen LogP contribution in [0.2, 0.25) is 0 Å². The summed E-state index contributed by atoms with van der Waals surface area (Å²) in [5.74, 6) is -0.445. The van der Waals surface area contributed by atoms with Crippen LogP contribution in [0.1, 0.15) is 29.8 Å². The van der Waals surface area contributed by atoms with E-state index in [4.69, 9.17) is 4.74 Å². The van der Waals surface area contributed by atoms with Gasteiger partial charge >= 0.3 is 5.97 Å². The molecular formula is C13H15NO3S. The van der Waals surface area contributed by atoms with Crippen molar-refractivity contribution in [1.82, 2.24) is 0 Å². The van der Waals surface area contributed by atoms with Gasteiger partial charge in [0.25, 0.3) is 0 Å². The third-order valence-electron chi connectivity index (χ3n) is 2.89. The number of esters is 1. The van der Waals surface area contributed by atoms with Crippen molar-refractivity contribution in [2.45, 2.75) is 30.4 Å². The molecule has 1 heterocycles. The first kappa shape index (κ1) is 13.0. The minimum absolute atomic E-state index is 0.0559. The van der Waals surface area contributed by atoms with Crippen LogP contribution >= 0.6 is 11.8 Å². The molecule has 0 radical (unpaired) electrons. The average molecular weight is 265 g/mol. The number of carbonyl (C=O) groups excluding carboxylic acids is 2. The summed E-state index contributed by atoms with van der Waals surface area (Å²) in [6.07, 6.45) is 0. The number of hydrogen-bond donors (Lipinski definition) is 1. The predicted octanol–water partition coefficient (Wildman–Crippen LogP) is 2.60. The lowest BCUT2D eigenvalue weighted by atomic mass is 10.1. The summed E-state index contributed by atoms with van der Waals surface area (Å²) in [5.41, 5.74) is 2.01. The standard InChI is InChI=1S/C13H15NO3S/c1-7-5-10-9(6-8(7)11(15)17-4)14-12(16)13(2,3)18-10/h5-6H,1-4H3,(H,14,16). The molecular weight excluding hydrogens is 250 g/mol. The van der Waals surface area contributed by atoms with E-state index >= 15 is 0 Å². The molecule has 0 aliphatic carbocycles. The summed E-state index contributed by atoms with van der Waals surface area (Å²) in [5, 5.41) is 2.83. The van der Waals surface area contributed by atoms with Crippen LogP contribution in [0.25, 0.3) is 0 Å². The molecule has 1 amide bonds. The Labute approximate surface area is 110 Å². The van der Waals surface area contributed by atoms with Crippen molar-refractivity contribution in [3.05, 3.63) is 23.3 Å². The van der Waals surface area contributed by atoms with E-state index in [0.29, 0.717) is 11.3 Å². The van der Waals surface area contributed by atoms with Crippen LogP contribution in [0.3, 0.4) is 0 Å². The lowest BCUT2D eigenvalue weighted by Crippen LogP contribution is -2.37. The van der Waals surface area contributed by atoms with E-state index in [-0.39, 0.29) is 11.9 Å². The highest BCUT2D eigenvalue weighted by atomic mass is 32.2. The zero-order valence-corrected chi connectivity index (χ0v) is 11.6. The fourth-order valence-electron chi connectivity index (χ4n) is 1.79. The maximum atomic E-state index is 11.9. The van der Waals surface area contributed by atoms with Crippen LogP contribution in [-0.2, 0) is 9.53 Å². The molecule has 0 aromatic heterocycles. The predicted molar refractivity (Wildman–Crippen MR) is 71.1 cm³/mol. The summed E-state index contributed by atoms with van der Waals surface area (Å²) >= 11 is 1.50. The third-order valence-corrected chi connectivity index (χ3v) is 4.15. The Morgan fingerprint density at radius 2 is 2.06 bits per heavy atom. The first-order valence-corrected chi connectivity index (χ1v) is 6.40. The van der Waals surface area contributed by atoms with Gasteiger partial charge in [-0.25, -0.2) is 4.79 Å². The number of benzene rings is 1. The molecule has 4 nitrogen and oxygen atoms in total. The second-order valence-corrected chi connectivity index (χ2v) is 6.39. The highest BCUT2D eigenvalue weighted by Gasteiger charge is 2.35. The van der Waals surface area contributed by atoms with E-state index in [9.17, 15) is 9.59 Å². The van der Waals surface area contributed by atoms with Gasteiger partial charge in [0.2, 0.25) is 5.91 Å². The van der Waals surface area contributed by atoms with E-state index in [1.54, 1.807) is 6.07 Å². The van der Waals surface area contributed by atoms with Crippen LogP contribution in [0, 0.1) is 6.92 Å². The van der Waals surface area contributed by atoms with Crippen molar-refractivity contribution in [3.8, 4) is 0 Å². The molecule has 0 unspecified atom stereocenters. The molecule has 96 valence electrons. The molecule has 1 aromatic carbocycles. The van der Waals surface area contributed by atoms with Crippen molar-refractivity contribution in [3.63, 3.8) is 0 Å². The number of aryl methyl sites for hydroxylation is 1. The number of anilines is 1. The van der Waals surface area contributed by atoms with E-state index in [1.807, 2.05) is 26.8 Å². The number of fused-ring (bicyclic) bond motifs is 1. The molecule has 0 fully saturated rings. The SMILES string of the molecule is COC(=O)c1cc2c(cc1C)SC(C)(C)C(=O)N2. The number of methoxy groups -OCH3 is 1. The fourth-order valence-corrected chi connectivity index (χ4v) is 2.94. The van der Waals surface area contributed by atoms with Gasteiger partial charge in [-0.1, -0.05) is 0 Å². The van der Waals surface area contributed by atoms with Gasteiger partial charge in [0.1, 0.15) is 0 Å². The number of amides is 1. The fraction of sp³-hybridized carbons (Fsp3) is 0.385. The number of hydrogen-bond acceptors (Lipinski definition) is 4. The van der Waals surface area contributed by atoms with Crippen LogP contribution in [0.5, 0.6) is 0 Å². The molecule has 1 aliphatic heterocycles. The smallest absolute Gasteiger partial charge is 0.338 e. The van der Waals surface area contributed by atoms with Gasteiger partial charge in [-0.3, -0.25) is 4.79 Å². The maximum Gasteiger partial charge on any atom is 0.338 e. The van der Waals surface area contributed by atoms with Gasteiger partial charge in [-0.2, -0.15) is 0 Å². The minimum Gasteiger partial charge on any atom is -0.465 e. The lowest BCUT2D eigenvalue weighted by molar-refractivity contribution is -0.117. The van der Waals surface area contributed by atoms with Crippen LogP contribution in [0.4, 0.5) is 5.69 Å². The molecule has 18 heavy (non-hydrogen) atoms. The van der Waals surface area contributed by atoms with E-state index in [1.165, 1.54) is 18.9 Å². The Kier molecular flexibility index (Phi) is 3.11. The number of thioether (sulfide) groups is 1. The molecule has 0 bridgehead atoms. The van der Waals surface area contributed by atoms with Gasteiger partial charge in [-0.05, 0) is 38.5 Å². The Hall–Kier alpha value is -1.49. The first-order chi connectivity index (χ1) is 8.35. The normalized spacial score (nSPS) is 16.8. The van der Waals surface area contributed by atoms with Crippen LogP contribution < -0.4 is 5.32 Å². The summed E-state index contributed by atoms with van der Waals surface area (Å²) in [6, 6.07) is 3.59. The van der Waals surface area contributed by atoms with Crippen LogP contribution in [-0.4, -0.2) is 23.7 Å². The van der Waals surface area contributed by atoms with Gasteiger partial charge in [0.05, 0.1) is 23.1 Å². The monoisotopic (exact) mass is 265 g/mol. The molecule has 0 spiro atoms. The summed E-state index contributed by atoms with van der Waals surface area (Å²) in [4.78, 5) is 24.4. The van der Waals surface area contributed by atoms with Gasteiger partial charge in [0, 0.05) is 4.90 Å². The van der Waals surface area contributed by atoms with Crippen molar-refractivity contribution in [2.75, 3.05) is 12.4 Å². The molecule has 0 atom stereocenters. The van der Waals surface area contributed by atoms with Crippen LogP contribution in [0.15, 0.2) is 17.0 Å². The Balaban J connectivity index is 2.49. The zero-order chi connectivity index (χ0) is 13.5. The van der Waals surface area contributed by atoms with E-state index in [2.05, 4.69) is 5.32 Å². The molecule has 1 aromatic rings. The van der Waals surface area contributed by atoms with Crippen molar-refractivity contribution >= 4 is 29.3 Å². The van der Waals surface area contributed by atoms with Gasteiger partial charge in [0.15, 0.2) is 0 Å². The highest BCUT2D eigenvalue weighted by molar-refractivity contribution is 8.01. The summed E-state index contributed by atoms with van der Waals surface area (Å²) in [7, 11) is 1.34. The third kappa shape index (κ3) is 2.10. The molecule has 1 aliphatic rings. The second-order valence-electron chi connectivity index (χ2n) is 4.72. The molecule has 2 rings (SSSR count). The Bertz CT molecular complexity index is 537. The van der Waals surface area contributed by atoms with Gasteiger partial charge < -0.3 is 10.1 Å². The zero-order valence-electron chi connectivity index (χ0n) is 10.8. The molecule has 5 heteroatoms. The maximum absolute atomic E-state index is 11.9. The summed E-state index contributed by atoms with van der Waals surface area (Å²) in [6.45, 7) is 5.61. The number of ether oxygens (including phenoxy) is 1. The van der Waals surface area contributed by atoms with E-state index < -0.39 is 4.75 Å². The van der Waals surface area contributed by atoms with Crippen molar-refractivity contribution in [2.24, 2.45) is 0 Å². The number of carbonyl (C=O) groups is 2. The number of rotatable bonds is 1. The Morgan fingerprint density at radius 3 is 2.67 bits per heavy atom. The highest BCUT2D eigenvalue weighted by Crippen LogP contribution is 2.43. The lowest BCUT2D eigenvalue weighted by Gasteiger charge is -2.30. The van der Waals surface area contributed by atoms with Crippen molar-refractivity contribution < 1.29 is 14.3 Å².